The molecule has 19 heavy (non-hydrogen) atoms. The van der Waals surface area contributed by atoms with Gasteiger partial charge in [0.15, 0.2) is 5.82 Å². The Labute approximate surface area is 110 Å². The minimum atomic E-state index is -0.296. The van der Waals surface area contributed by atoms with Crippen LogP contribution in [0.3, 0.4) is 0 Å². The zero-order chi connectivity index (χ0) is 13.2. The molecule has 96 valence electrons. The van der Waals surface area contributed by atoms with E-state index in [1.807, 2.05) is 37.3 Å². The first-order valence-electron chi connectivity index (χ1n) is 6.16. The molecule has 0 amide bonds. The molecule has 2 N–H and O–H groups in total. The lowest BCUT2D eigenvalue weighted by atomic mass is 10.2. The largest absolute Gasteiger partial charge is 0.378 e. The fourth-order valence-electron chi connectivity index (χ4n) is 1.99. The highest BCUT2D eigenvalue weighted by molar-refractivity contribution is 5.75. The topological polar surface area (TPSA) is 40.7 Å². The molecule has 0 fully saturated rings. The Morgan fingerprint density at radius 3 is 2.68 bits per heavy atom. The number of aromatic amines is 1. The molecule has 3 rings (SSSR count). The van der Waals surface area contributed by atoms with Crippen molar-refractivity contribution in [2.24, 2.45) is 0 Å². The zero-order valence-electron chi connectivity index (χ0n) is 10.6. The summed E-state index contributed by atoms with van der Waals surface area (Å²) in [6.07, 6.45) is 0. The number of benzene rings is 2. The van der Waals surface area contributed by atoms with E-state index in [9.17, 15) is 4.39 Å². The molecule has 0 atom stereocenters. The molecule has 1 aromatic heterocycles. The van der Waals surface area contributed by atoms with Crippen LogP contribution in [0.5, 0.6) is 0 Å². The van der Waals surface area contributed by atoms with E-state index in [1.165, 1.54) is 11.6 Å². The van der Waals surface area contributed by atoms with E-state index in [1.54, 1.807) is 6.07 Å². The number of para-hydroxylation sites is 1. The number of anilines is 1. The summed E-state index contributed by atoms with van der Waals surface area (Å²) in [5.74, 6) is 0.427. The molecule has 4 heteroatoms. The van der Waals surface area contributed by atoms with Gasteiger partial charge in [-0.3, -0.25) is 0 Å². The van der Waals surface area contributed by atoms with E-state index in [0.717, 1.165) is 17.0 Å². The number of aryl methyl sites for hydroxylation is 1. The second kappa shape index (κ2) is 4.72. The van der Waals surface area contributed by atoms with Crippen molar-refractivity contribution in [2.45, 2.75) is 13.5 Å². The lowest BCUT2D eigenvalue weighted by Gasteiger charge is -2.04. The van der Waals surface area contributed by atoms with E-state index >= 15 is 0 Å². The molecule has 0 unspecified atom stereocenters. The molecule has 0 spiro atoms. The summed E-state index contributed by atoms with van der Waals surface area (Å²) in [7, 11) is 0. The molecule has 0 bridgehead atoms. The van der Waals surface area contributed by atoms with Crippen molar-refractivity contribution >= 4 is 16.7 Å². The SMILES string of the molecule is Cc1ccc(NCc2nc3c(F)cccc3[nH]2)cc1. The summed E-state index contributed by atoms with van der Waals surface area (Å²) in [4.78, 5) is 7.36. The number of imidazole rings is 1. The van der Waals surface area contributed by atoms with Gasteiger partial charge < -0.3 is 10.3 Å². The normalized spacial score (nSPS) is 10.8. The van der Waals surface area contributed by atoms with Crippen LogP contribution in [-0.4, -0.2) is 9.97 Å². The van der Waals surface area contributed by atoms with Gasteiger partial charge in [0.2, 0.25) is 0 Å². The number of halogens is 1. The van der Waals surface area contributed by atoms with Crippen molar-refractivity contribution in [3.8, 4) is 0 Å². The Morgan fingerprint density at radius 2 is 1.95 bits per heavy atom. The van der Waals surface area contributed by atoms with Crippen LogP contribution in [0.4, 0.5) is 10.1 Å². The Balaban J connectivity index is 1.78. The van der Waals surface area contributed by atoms with Crippen molar-refractivity contribution in [1.82, 2.24) is 9.97 Å². The summed E-state index contributed by atoms with van der Waals surface area (Å²) in [6.45, 7) is 2.59. The minimum absolute atomic E-state index is 0.296. The fraction of sp³-hybridized carbons (Fsp3) is 0.133. The average Bonchev–Trinajstić information content (AvgIpc) is 2.83. The van der Waals surface area contributed by atoms with Crippen LogP contribution in [0.1, 0.15) is 11.4 Å². The summed E-state index contributed by atoms with van der Waals surface area (Å²) >= 11 is 0. The summed E-state index contributed by atoms with van der Waals surface area (Å²) < 4.78 is 13.5. The Morgan fingerprint density at radius 1 is 1.16 bits per heavy atom. The molecule has 1 heterocycles. The Hall–Kier alpha value is -2.36. The number of nitrogens with zero attached hydrogens (tertiary/aromatic N) is 1. The van der Waals surface area contributed by atoms with Gasteiger partial charge in [-0.05, 0) is 31.2 Å². The van der Waals surface area contributed by atoms with Crippen LogP contribution < -0.4 is 5.32 Å². The number of aromatic nitrogens is 2. The number of nitrogens with one attached hydrogen (secondary N) is 2. The molecule has 0 radical (unpaired) electrons. The van der Waals surface area contributed by atoms with E-state index in [4.69, 9.17) is 0 Å². The lowest BCUT2D eigenvalue weighted by Crippen LogP contribution is -2.00. The lowest BCUT2D eigenvalue weighted by molar-refractivity contribution is 0.637. The molecule has 2 aromatic carbocycles. The number of fused-ring (bicyclic) bond motifs is 1. The predicted molar refractivity (Wildman–Crippen MR) is 74.6 cm³/mol. The van der Waals surface area contributed by atoms with Gasteiger partial charge >= 0.3 is 0 Å². The van der Waals surface area contributed by atoms with Gasteiger partial charge in [-0.25, -0.2) is 9.37 Å². The third-order valence-corrected chi connectivity index (χ3v) is 3.02. The van der Waals surface area contributed by atoms with Crippen LogP contribution in [0.25, 0.3) is 11.0 Å². The highest BCUT2D eigenvalue weighted by atomic mass is 19.1. The first kappa shape index (κ1) is 11.7. The van der Waals surface area contributed by atoms with Gasteiger partial charge in [-0.2, -0.15) is 0 Å². The van der Waals surface area contributed by atoms with Crippen LogP contribution in [0, 0.1) is 12.7 Å². The van der Waals surface area contributed by atoms with Crippen molar-refractivity contribution < 1.29 is 4.39 Å². The number of rotatable bonds is 3. The summed E-state index contributed by atoms with van der Waals surface area (Å²) in [6, 6.07) is 13.0. The number of H-pyrrole nitrogens is 1. The highest BCUT2D eigenvalue weighted by Crippen LogP contribution is 2.16. The molecule has 0 aliphatic carbocycles. The number of hydrogen-bond donors (Lipinski definition) is 2. The maximum atomic E-state index is 13.5. The Kier molecular flexibility index (Phi) is 2.91. The van der Waals surface area contributed by atoms with Gasteiger partial charge in [0.05, 0.1) is 12.1 Å². The Bertz CT molecular complexity index is 701. The molecule has 0 saturated carbocycles. The number of hydrogen-bond acceptors (Lipinski definition) is 2. The molecule has 3 nitrogen and oxygen atoms in total. The van der Waals surface area contributed by atoms with E-state index < -0.39 is 0 Å². The summed E-state index contributed by atoms with van der Waals surface area (Å²) in [5, 5.41) is 3.25. The van der Waals surface area contributed by atoms with Crippen molar-refractivity contribution in [3.05, 3.63) is 59.7 Å². The first-order chi connectivity index (χ1) is 9.22. The maximum Gasteiger partial charge on any atom is 0.151 e. The van der Waals surface area contributed by atoms with E-state index in [-0.39, 0.29) is 5.82 Å². The smallest absolute Gasteiger partial charge is 0.151 e. The molecule has 0 aliphatic heterocycles. The predicted octanol–water partition coefficient (Wildman–Crippen LogP) is 3.62. The molecule has 0 saturated heterocycles. The van der Waals surface area contributed by atoms with E-state index in [2.05, 4.69) is 15.3 Å². The zero-order valence-corrected chi connectivity index (χ0v) is 10.6. The van der Waals surface area contributed by atoms with Crippen LogP contribution in [0.2, 0.25) is 0 Å². The molecular formula is C15H14FN3. The van der Waals surface area contributed by atoms with Crippen LogP contribution >= 0.6 is 0 Å². The average molecular weight is 255 g/mol. The monoisotopic (exact) mass is 255 g/mol. The van der Waals surface area contributed by atoms with Crippen molar-refractivity contribution in [3.63, 3.8) is 0 Å². The van der Waals surface area contributed by atoms with Gasteiger partial charge in [0, 0.05) is 5.69 Å². The third-order valence-electron chi connectivity index (χ3n) is 3.02. The second-order valence-electron chi connectivity index (χ2n) is 4.54. The molecule has 0 aliphatic rings. The van der Waals surface area contributed by atoms with Gasteiger partial charge in [0.25, 0.3) is 0 Å². The fourth-order valence-corrected chi connectivity index (χ4v) is 1.99. The highest BCUT2D eigenvalue weighted by Gasteiger charge is 2.06. The molecule has 3 aromatic rings. The van der Waals surface area contributed by atoms with Gasteiger partial charge in [-0.1, -0.05) is 23.8 Å². The van der Waals surface area contributed by atoms with Crippen LogP contribution in [-0.2, 0) is 6.54 Å². The molecular weight excluding hydrogens is 241 g/mol. The van der Waals surface area contributed by atoms with E-state index in [0.29, 0.717) is 12.1 Å². The van der Waals surface area contributed by atoms with Crippen molar-refractivity contribution in [2.75, 3.05) is 5.32 Å². The van der Waals surface area contributed by atoms with Gasteiger partial charge in [-0.15, -0.1) is 0 Å². The second-order valence-corrected chi connectivity index (χ2v) is 4.54. The third kappa shape index (κ3) is 2.42. The van der Waals surface area contributed by atoms with Crippen LogP contribution in [0.15, 0.2) is 42.5 Å². The van der Waals surface area contributed by atoms with Gasteiger partial charge in [0.1, 0.15) is 11.3 Å². The van der Waals surface area contributed by atoms with Crippen molar-refractivity contribution in [1.29, 1.82) is 0 Å². The maximum absolute atomic E-state index is 13.5. The minimum Gasteiger partial charge on any atom is -0.378 e. The first-order valence-corrected chi connectivity index (χ1v) is 6.16. The quantitative estimate of drug-likeness (QED) is 0.750. The standard InChI is InChI=1S/C15H14FN3/c1-10-5-7-11(8-6-10)17-9-14-18-13-4-2-3-12(16)15(13)19-14/h2-8,17H,9H2,1H3,(H,18,19). The summed E-state index contributed by atoms with van der Waals surface area (Å²) in [5.41, 5.74) is 3.35.